The Morgan fingerprint density at radius 2 is 2.27 bits per heavy atom. The molecule has 5 nitrogen and oxygen atoms in total. The molecular formula is C7H6BrN5S2. The molecule has 0 radical (unpaired) electrons. The minimum absolute atomic E-state index is 0.425. The highest BCUT2D eigenvalue weighted by Gasteiger charge is 2.10. The standard InChI is InChI=1S/C7H6BrN5S2/c1-3-12-7(15-13-3)14-6-4(8)5(9)10-2-11-6/h2H,1H3,(H2,9,10,11). The first-order chi connectivity index (χ1) is 7.16. The van der Waals surface area contributed by atoms with E-state index in [2.05, 4.69) is 35.3 Å². The van der Waals surface area contributed by atoms with Crippen molar-refractivity contribution in [2.24, 2.45) is 0 Å². The third kappa shape index (κ3) is 2.44. The molecule has 0 aromatic carbocycles. The topological polar surface area (TPSA) is 77.6 Å². The number of anilines is 1. The van der Waals surface area contributed by atoms with E-state index >= 15 is 0 Å². The predicted molar refractivity (Wildman–Crippen MR) is 62.9 cm³/mol. The molecule has 0 spiro atoms. The van der Waals surface area contributed by atoms with Crippen molar-refractivity contribution in [1.82, 2.24) is 19.3 Å². The van der Waals surface area contributed by atoms with Crippen LogP contribution in [0, 0.1) is 6.92 Å². The molecule has 0 saturated heterocycles. The Balaban J connectivity index is 2.28. The minimum Gasteiger partial charge on any atom is -0.383 e. The SMILES string of the molecule is Cc1nsc(Sc2ncnc(N)c2Br)n1. The number of rotatable bonds is 2. The largest absolute Gasteiger partial charge is 0.383 e. The van der Waals surface area contributed by atoms with Crippen LogP contribution in [0.2, 0.25) is 0 Å². The van der Waals surface area contributed by atoms with Crippen molar-refractivity contribution in [3.8, 4) is 0 Å². The molecular weight excluding hydrogens is 298 g/mol. The first kappa shape index (κ1) is 10.8. The number of halogens is 1. The fraction of sp³-hybridized carbons (Fsp3) is 0.143. The number of aromatic nitrogens is 4. The second-order valence-corrected chi connectivity index (χ2v) is 5.37. The third-order valence-corrected chi connectivity index (χ3v) is 4.37. The van der Waals surface area contributed by atoms with Crippen LogP contribution in [0.4, 0.5) is 5.82 Å². The van der Waals surface area contributed by atoms with Crippen molar-refractivity contribution in [2.45, 2.75) is 16.3 Å². The average Bonchev–Trinajstić information content (AvgIpc) is 2.59. The maximum Gasteiger partial charge on any atom is 0.176 e. The van der Waals surface area contributed by atoms with Crippen LogP contribution in [0.5, 0.6) is 0 Å². The molecule has 2 aromatic rings. The molecule has 0 atom stereocenters. The Hall–Kier alpha value is -0.730. The number of aryl methyl sites for hydroxylation is 1. The summed E-state index contributed by atoms with van der Waals surface area (Å²) in [4.78, 5) is 12.2. The van der Waals surface area contributed by atoms with E-state index in [0.717, 1.165) is 15.2 Å². The Kier molecular flexibility index (Phi) is 3.17. The summed E-state index contributed by atoms with van der Waals surface area (Å²) in [5.41, 5.74) is 5.64. The van der Waals surface area contributed by atoms with E-state index in [1.807, 2.05) is 6.92 Å². The van der Waals surface area contributed by atoms with Gasteiger partial charge in [-0.05, 0) is 46.1 Å². The van der Waals surface area contributed by atoms with Gasteiger partial charge in [0.25, 0.3) is 0 Å². The second-order valence-electron chi connectivity index (χ2n) is 2.59. The van der Waals surface area contributed by atoms with Crippen LogP contribution in [0.1, 0.15) is 5.82 Å². The number of nitrogens with zero attached hydrogens (tertiary/aromatic N) is 4. The smallest absolute Gasteiger partial charge is 0.176 e. The van der Waals surface area contributed by atoms with Gasteiger partial charge in [0.15, 0.2) is 4.34 Å². The lowest BCUT2D eigenvalue weighted by atomic mass is 10.6. The summed E-state index contributed by atoms with van der Waals surface area (Å²) < 4.78 is 5.62. The van der Waals surface area contributed by atoms with Crippen molar-refractivity contribution in [3.63, 3.8) is 0 Å². The van der Waals surface area contributed by atoms with Gasteiger partial charge in [-0.3, -0.25) is 0 Å². The van der Waals surface area contributed by atoms with Crippen molar-refractivity contribution < 1.29 is 0 Å². The van der Waals surface area contributed by atoms with E-state index in [0.29, 0.717) is 10.3 Å². The van der Waals surface area contributed by atoms with E-state index < -0.39 is 0 Å². The molecule has 2 aromatic heterocycles. The lowest BCUT2D eigenvalue weighted by Gasteiger charge is -2.01. The quantitative estimate of drug-likeness (QED) is 0.856. The van der Waals surface area contributed by atoms with Gasteiger partial charge < -0.3 is 5.73 Å². The third-order valence-electron chi connectivity index (χ3n) is 1.48. The summed E-state index contributed by atoms with van der Waals surface area (Å²) in [6, 6.07) is 0. The van der Waals surface area contributed by atoms with Crippen LogP contribution in [-0.2, 0) is 0 Å². The van der Waals surface area contributed by atoms with Gasteiger partial charge in [0.05, 0.1) is 4.47 Å². The highest BCUT2D eigenvalue weighted by atomic mass is 79.9. The Morgan fingerprint density at radius 1 is 1.47 bits per heavy atom. The van der Waals surface area contributed by atoms with E-state index in [1.54, 1.807) is 0 Å². The zero-order chi connectivity index (χ0) is 10.8. The number of hydrogen-bond acceptors (Lipinski definition) is 7. The van der Waals surface area contributed by atoms with Gasteiger partial charge in [-0.25, -0.2) is 15.0 Å². The van der Waals surface area contributed by atoms with Crippen molar-refractivity contribution >= 4 is 45.0 Å². The number of nitrogens with two attached hydrogens (primary N) is 1. The molecule has 0 unspecified atom stereocenters. The van der Waals surface area contributed by atoms with Gasteiger partial charge in [0, 0.05) is 0 Å². The highest BCUT2D eigenvalue weighted by Crippen LogP contribution is 2.34. The molecule has 0 amide bonds. The molecule has 2 N–H and O–H groups in total. The fourth-order valence-corrected chi connectivity index (χ4v) is 2.85. The monoisotopic (exact) mass is 303 g/mol. The minimum atomic E-state index is 0.425. The summed E-state index contributed by atoms with van der Waals surface area (Å²) in [6.07, 6.45) is 1.43. The van der Waals surface area contributed by atoms with Gasteiger partial charge in [0.1, 0.15) is 23.0 Å². The molecule has 0 aliphatic carbocycles. The van der Waals surface area contributed by atoms with Crippen LogP contribution >= 0.6 is 39.2 Å². The van der Waals surface area contributed by atoms with E-state index in [4.69, 9.17) is 5.73 Å². The van der Waals surface area contributed by atoms with Crippen LogP contribution in [0.3, 0.4) is 0 Å². The van der Waals surface area contributed by atoms with Crippen molar-refractivity contribution in [3.05, 3.63) is 16.6 Å². The van der Waals surface area contributed by atoms with Gasteiger partial charge in [-0.2, -0.15) is 4.37 Å². The molecule has 2 rings (SSSR count). The molecule has 0 aliphatic rings. The normalized spacial score (nSPS) is 10.5. The van der Waals surface area contributed by atoms with Crippen molar-refractivity contribution in [1.29, 1.82) is 0 Å². The highest BCUT2D eigenvalue weighted by molar-refractivity contribution is 9.10. The zero-order valence-corrected chi connectivity index (χ0v) is 10.9. The van der Waals surface area contributed by atoms with Gasteiger partial charge in [-0.1, -0.05) is 0 Å². The molecule has 2 heterocycles. The van der Waals surface area contributed by atoms with E-state index in [-0.39, 0.29) is 0 Å². The van der Waals surface area contributed by atoms with E-state index in [9.17, 15) is 0 Å². The van der Waals surface area contributed by atoms with Gasteiger partial charge >= 0.3 is 0 Å². The van der Waals surface area contributed by atoms with Crippen LogP contribution in [0.25, 0.3) is 0 Å². The predicted octanol–water partition coefficient (Wildman–Crippen LogP) is 2.13. The maximum absolute atomic E-state index is 5.64. The van der Waals surface area contributed by atoms with Crippen LogP contribution in [-0.4, -0.2) is 19.3 Å². The lowest BCUT2D eigenvalue weighted by Crippen LogP contribution is -1.94. The number of nitrogen functional groups attached to an aromatic ring is 1. The Morgan fingerprint density at radius 3 is 2.93 bits per heavy atom. The van der Waals surface area contributed by atoms with Gasteiger partial charge in [0.2, 0.25) is 0 Å². The molecule has 0 saturated carbocycles. The van der Waals surface area contributed by atoms with Gasteiger partial charge in [-0.15, -0.1) is 0 Å². The summed E-state index contributed by atoms with van der Waals surface area (Å²) in [5, 5.41) is 0.749. The summed E-state index contributed by atoms with van der Waals surface area (Å²) >= 11 is 6.08. The summed E-state index contributed by atoms with van der Waals surface area (Å²) in [5.74, 6) is 1.19. The Bertz CT molecular complexity index is 486. The van der Waals surface area contributed by atoms with Crippen LogP contribution in [0.15, 0.2) is 20.2 Å². The second kappa shape index (κ2) is 4.42. The zero-order valence-electron chi connectivity index (χ0n) is 7.64. The van der Waals surface area contributed by atoms with Crippen molar-refractivity contribution in [2.75, 3.05) is 5.73 Å². The first-order valence-electron chi connectivity index (χ1n) is 3.91. The molecule has 0 bridgehead atoms. The van der Waals surface area contributed by atoms with Crippen LogP contribution < -0.4 is 5.73 Å². The average molecular weight is 304 g/mol. The number of hydrogen-bond donors (Lipinski definition) is 1. The summed E-state index contributed by atoms with van der Waals surface area (Å²) in [6.45, 7) is 1.85. The lowest BCUT2D eigenvalue weighted by molar-refractivity contribution is 1.03. The van der Waals surface area contributed by atoms with E-state index in [1.165, 1.54) is 29.6 Å². The summed E-state index contributed by atoms with van der Waals surface area (Å²) in [7, 11) is 0. The molecule has 0 fully saturated rings. The maximum atomic E-state index is 5.64. The fourth-order valence-electron chi connectivity index (χ4n) is 0.840. The molecule has 0 aliphatic heterocycles. The first-order valence-corrected chi connectivity index (χ1v) is 6.29. The molecule has 8 heteroatoms. The molecule has 78 valence electrons. The Labute approximate surface area is 103 Å². The molecule has 15 heavy (non-hydrogen) atoms.